The van der Waals surface area contributed by atoms with E-state index in [1.54, 1.807) is 6.08 Å². The quantitative estimate of drug-likeness (QED) is 0.714. The second-order valence-electron chi connectivity index (χ2n) is 8.52. The number of benzene rings is 2. The Hall–Kier alpha value is -2.89. The molecule has 162 valence electrons. The number of hydrogen-bond acceptors (Lipinski definition) is 2. The lowest BCUT2D eigenvalue weighted by Gasteiger charge is -2.29. The third-order valence-electron chi connectivity index (χ3n) is 6.60. The van der Waals surface area contributed by atoms with E-state index in [1.807, 2.05) is 36.4 Å². The average molecular weight is 447 g/mol. The zero-order valence-electron chi connectivity index (χ0n) is 17.7. The fourth-order valence-corrected chi connectivity index (χ4v) is 5.54. The van der Waals surface area contributed by atoms with Crippen LogP contribution in [0.4, 0.5) is 4.39 Å². The van der Waals surface area contributed by atoms with Gasteiger partial charge < -0.3 is 4.55 Å². The van der Waals surface area contributed by atoms with Crippen LogP contribution >= 0.6 is 0 Å². The van der Waals surface area contributed by atoms with Gasteiger partial charge in [-0.1, -0.05) is 55.5 Å². The molecule has 2 aromatic rings. The molecule has 0 fully saturated rings. The van der Waals surface area contributed by atoms with Gasteiger partial charge in [-0.2, -0.15) is 0 Å². The van der Waals surface area contributed by atoms with Crippen molar-refractivity contribution in [1.82, 2.24) is 0 Å². The number of allylic oxidation sites excluding steroid dienone is 6. The Kier molecular flexibility index (Phi) is 5.39. The number of ketones is 1. The highest BCUT2D eigenvalue weighted by Gasteiger charge is 2.30. The number of hydrogen-bond donors (Lipinski definition) is 1. The summed E-state index contributed by atoms with van der Waals surface area (Å²) < 4.78 is 34.0. The Labute approximate surface area is 188 Å². The third-order valence-corrected chi connectivity index (χ3v) is 7.16. The standard InChI is InChI=1S/C27H23FO3S/c1-16-5-6-18(13-14-32(30)31)22-11-12-23-26-19(15-24(29)27(23)25(16)22)3-2-4-21(26)17-7-9-20(28)10-8-17/h2-3,5-12,15-16,21H,4,13-14H2,1H3,(H,30,31). The molecule has 3 unspecified atom stereocenters. The highest BCUT2D eigenvalue weighted by Crippen LogP contribution is 2.40. The summed E-state index contributed by atoms with van der Waals surface area (Å²) in [5.74, 6) is 0.00349. The highest BCUT2D eigenvalue weighted by atomic mass is 32.2. The lowest BCUT2D eigenvalue weighted by molar-refractivity contribution is 0.104. The molecule has 0 spiro atoms. The number of halogens is 1. The summed E-state index contributed by atoms with van der Waals surface area (Å²) >= 11 is -1.86. The van der Waals surface area contributed by atoms with E-state index in [-0.39, 0.29) is 29.2 Å². The predicted molar refractivity (Wildman–Crippen MR) is 126 cm³/mol. The monoisotopic (exact) mass is 446 g/mol. The molecule has 1 N–H and O–H groups in total. The normalized spacial score (nSPS) is 22.2. The van der Waals surface area contributed by atoms with E-state index < -0.39 is 11.1 Å². The first kappa shape index (κ1) is 21.0. The summed E-state index contributed by atoms with van der Waals surface area (Å²) in [5, 5.41) is 1.93. The van der Waals surface area contributed by atoms with Crippen molar-refractivity contribution in [3.05, 3.63) is 105 Å². The molecule has 5 rings (SSSR count). The first-order chi connectivity index (χ1) is 15.4. The fourth-order valence-electron chi connectivity index (χ4n) is 5.14. The summed E-state index contributed by atoms with van der Waals surface area (Å²) in [7, 11) is 0. The van der Waals surface area contributed by atoms with Crippen molar-refractivity contribution in [2.75, 3.05) is 5.75 Å². The average Bonchev–Trinajstić information content (AvgIpc) is 2.78. The second kappa shape index (κ2) is 8.23. The number of rotatable bonds is 4. The molecule has 0 aromatic heterocycles. The molecule has 3 nitrogen and oxygen atoms in total. The summed E-state index contributed by atoms with van der Waals surface area (Å²) in [4.78, 5) is 13.3. The van der Waals surface area contributed by atoms with E-state index >= 15 is 0 Å². The minimum Gasteiger partial charge on any atom is -0.306 e. The van der Waals surface area contributed by atoms with Crippen LogP contribution in [0.15, 0.2) is 72.4 Å². The van der Waals surface area contributed by atoms with Crippen LogP contribution in [-0.4, -0.2) is 20.3 Å². The third kappa shape index (κ3) is 3.55. The maximum absolute atomic E-state index is 13.5. The SMILES string of the molecule is CC1C=CC(CCS(=O)O)=c2ccc3c(c21)C(=O)C=C1C=CCC(c2ccc(F)cc2)C=31. The van der Waals surface area contributed by atoms with Gasteiger partial charge in [0.2, 0.25) is 0 Å². The molecule has 3 aliphatic carbocycles. The van der Waals surface area contributed by atoms with Crippen LogP contribution in [0.2, 0.25) is 0 Å². The van der Waals surface area contributed by atoms with Crippen molar-refractivity contribution in [1.29, 1.82) is 0 Å². The fraction of sp³-hybridized carbons (Fsp3) is 0.222. The minimum absolute atomic E-state index is 0.00718. The van der Waals surface area contributed by atoms with Gasteiger partial charge in [-0.05, 0) is 69.3 Å². The molecule has 32 heavy (non-hydrogen) atoms. The number of fused-ring (bicyclic) bond motifs is 4. The van der Waals surface area contributed by atoms with Crippen LogP contribution in [0.1, 0.15) is 53.1 Å². The molecule has 0 bridgehead atoms. The molecule has 0 radical (unpaired) electrons. The van der Waals surface area contributed by atoms with Gasteiger partial charge in [0.15, 0.2) is 16.9 Å². The molecule has 5 heteroatoms. The Morgan fingerprint density at radius 2 is 1.84 bits per heavy atom. The Morgan fingerprint density at radius 1 is 1.09 bits per heavy atom. The molecule has 0 aliphatic heterocycles. The largest absolute Gasteiger partial charge is 0.306 e. The molecule has 3 atom stereocenters. The molecule has 2 aromatic carbocycles. The number of carbonyl (C=O) groups excluding carboxylic acids is 1. The van der Waals surface area contributed by atoms with Crippen LogP contribution in [0.5, 0.6) is 0 Å². The zero-order valence-corrected chi connectivity index (χ0v) is 18.5. The number of carbonyl (C=O) groups is 1. The molecular weight excluding hydrogens is 423 g/mol. The smallest absolute Gasteiger partial charge is 0.187 e. The van der Waals surface area contributed by atoms with Gasteiger partial charge in [0.25, 0.3) is 0 Å². The van der Waals surface area contributed by atoms with Crippen LogP contribution in [0.3, 0.4) is 0 Å². The minimum atomic E-state index is -1.86. The second-order valence-corrected chi connectivity index (χ2v) is 9.57. The van der Waals surface area contributed by atoms with Crippen molar-refractivity contribution >= 4 is 28.0 Å². The Bertz CT molecular complexity index is 1360. The lowest BCUT2D eigenvalue weighted by Crippen LogP contribution is -2.33. The van der Waals surface area contributed by atoms with Crippen molar-refractivity contribution in [3.8, 4) is 0 Å². The summed E-state index contributed by atoms with van der Waals surface area (Å²) in [6, 6.07) is 10.7. The maximum atomic E-state index is 13.5. The van der Waals surface area contributed by atoms with E-state index in [9.17, 15) is 17.9 Å². The Morgan fingerprint density at radius 3 is 2.59 bits per heavy atom. The predicted octanol–water partition coefficient (Wildman–Crippen LogP) is 4.28. The molecule has 0 heterocycles. The van der Waals surface area contributed by atoms with Crippen LogP contribution < -0.4 is 10.4 Å². The van der Waals surface area contributed by atoms with Gasteiger partial charge in [-0.3, -0.25) is 4.79 Å². The highest BCUT2D eigenvalue weighted by molar-refractivity contribution is 7.79. The van der Waals surface area contributed by atoms with Gasteiger partial charge in [-0.15, -0.1) is 0 Å². The van der Waals surface area contributed by atoms with Crippen LogP contribution in [0, 0.1) is 5.82 Å². The van der Waals surface area contributed by atoms with Gasteiger partial charge in [0.05, 0.1) is 5.75 Å². The van der Waals surface area contributed by atoms with E-state index in [4.69, 9.17) is 0 Å². The van der Waals surface area contributed by atoms with E-state index in [0.717, 1.165) is 50.3 Å². The van der Waals surface area contributed by atoms with Crippen molar-refractivity contribution < 1.29 is 17.9 Å². The van der Waals surface area contributed by atoms with Gasteiger partial charge in [0, 0.05) is 17.4 Å². The molecule has 0 amide bonds. The van der Waals surface area contributed by atoms with Gasteiger partial charge in [0.1, 0.15) is 5.82 Å². The zero-order chi connectivity index (χ0) is 22.4. The van der Waals surface area contributed by atoms with E-state index in [2.05, 4.69) is 19.1 Å². The molecule has 0 saturated carbocycles. The van der Waals surface area contributed by atoms with Crippen molar-refractivity contribution in [3.63, 3.8) is 0 Å². The Balaban J connectivity index is 1.78. The van der Waals surface area contributed by atoms with E-state index in [0.29, 0.717) is 6.42 Å². The lowest BCUT2D eigenvalue weighted by atomic mass is 9.74. The van der Waals surface area contributed by atoms with E-state index in [1.165, 1.54) is 12.1 Å². The summed E-state index contributed by atoms with van der Waals surface area (Å²) in [6.45, 7) is 2.08. The molecule has 0 saturated heterocycles. The van der Waals surface area contributed by atoms with Gasteiger partial charge >= 0.3 is 0 Å². The summed E-state index contributed by atoms with van der Waals surface area (Å²) in [5.41, 5.74) is 5.75. The van der Waals surface area contributed by atoms with Crippen molar-refractivity contribution in [2.24, 2.45) is 0 Å². The topological polar surface area (TPSA) is 54.4 Å². The summed E-state index contributed by atoms with van der Waals surface area (Å²) in [6.07, 6.45) is 11.1. The maximum Gasteiger partial charge on any atom is 0.187 e. The first-order valence-corrected chi connectivity index (χ1v) is 12.1. The van der Waals surface area contributed by atoms with Crippen LogP contribution in [0.25, 0.3) is 11.1 Å². The van der Waals surface area contributed by atoms with Gasteiger partial charge in [-0.25, -0.2) is 8.60 Å². The van der Waals surface area contributed by atoms with Crippen LogP contribution in [-0.2, 0) is 11.1 Å². The first-order valence-electron chi connectivity index (χ1n) is 10.8. The van der Waals surface area contributed by atoms with Crippen molar-refractivity contribution in [2.45, 2.75) is 31.6 Å². The molecule has 3 aliphatic rings. The molecular formula is C27H23FO3S.